The van der Waals surface area contributed by atoms with Crippen LogP contribution in [-0.2, 0) is 11.2 Å². The van der Waals surface area contributed by atoms with Gasteiger partial charge in [-0.2, -0.15) is 0 Å². The van der Waals surface area contributed by atoms with Gasteiger partial charge in [0.25, 0.3) is 0 Å². The third-order valence-electron chi connectivity index (χ3n) is 3.58. The van der Waals surface area contributed by atoms with Crippen molar-refractivity contribution in [2.24, 2.45) is 10.9 Å². The molecule has 0 saturated carbocycles. The van der Waals surface area contributed by atoms with Crippen molar-refractivity contribution in [3.05, 3.63) is 47.0 Å². The van der Waals surface area contributed by atoms with Crippen LogP contribution in [0.15, 0.2) is 46.4 Å². The molecule has 21 heavy (non-hydrogen) atoms. The van der Waals surface area contributed by atoms with Gasteiger partial charge in [0.2, 0.25) is 0 Å². The first-order valence-electron chi connectivity index (χ1n) is 6.68. The third kappa shape index (κ3) is 3.68. The van der Waals surface area contributed by atoms with E-state index in [2.05, 4.69) is 9.89 Å². The smallest absolute Gasteiger partial charge is 0.307 e. The Bertz CT molecular complexity index is 574. The van der Waals surface area contributed by atoms with Crippen LogP contribution in [-0.4, -0.2) is 34.2 Å². The van der Waals surface area contributed by atoms with E-state index in [0.717, 1.165) is 29.5 Å². The van der Waals surface area contributed by atoms with Gasteiger partial charge in [0.15, 0.2) is 5.17 Å². The number of allylic oxidation sites excluding steroid dienone is 1. The molecule has 1 aromatic carbocycles. The number of aliphatic carboxylic acids is 1. The minimum Gasteiger partial charge on any atom is -0.481 e. The second-order valence-electron chi connectivity index (χ2n) is 4.97. The van der Waals surface area contributed by atoms with Crippen LogP contribution >= 0.6 is 28.7 Å². The topological polar surface area (TPSA) is 52.9 Å². The fourth-order valence-electron chi connectivity index (χ4n) is 2.53. The molecule has 0 aromatic heterocycles. The number of fused-ring (bicyclic) bond motifs is 1. The summed E-state index contributed by atoms with van der Waals surface area (Å²) in [5, 5.41) is 12.5. The van der Waals surface area contributed by atoms with Crippen molar-refractivity contribution in [2.45, 2.75) is 12.8 Å². The summed E-state index contributed by atoms with van der Waals surface area (Å²) in [5.41, 5.74) is 2.16. The first-order valence-corrected chi connectivity index (χ1v) is 7.56. The molecule has 112 valence electrons. The highest BCUT2D eigenvalue weighted by Crippen LogP contribution is 2.33. The number of carboxylic acid groups (broad SMARTS) is 1. The highest BCUT2D eigenvalue weighted by molar-refractivity contribution is 8.93. The molecular formula is C15H17BrN2O2S. The maximum absolute atomic E-state index is 11.5. The first-order chi connectivity index (χ1) is 9.74. The Morgan fingerprint density at radius 2 is 2.10 bits per heavy atom. The molecular weight excluding hydrogens is 352 g/mol. The van der Waals surface area contributed by atoms with Gasteiger partial charge in [0, 0.05) is 18.7 Å². The summed E-state index contributed by atoms with van der Waals surface area (Å²) in [5.74, 6) is -1.12. The zero-order chi connectivity index (χ0) is 13.9. The summed E-state index contributed by atoms with van der Waals surface area (Å²) in [4.78, 5) is 18.0. The molecule has 0 fully saturated rings. The van der Waals surface area contributed by atoms with E-state index < -0.39 is 5.97 Å². The van der Waals surface area contributed by atoms with Crippen LogP contribution in [0.25, 0.3) is 0 Å². The van der Waals surface area contributed by atoms with E-state index in [1.807, 2.05) is 35.7 Å². The summed E-state index contributed by atoms with van der Waals surface area (Å²) in [6.45, 7) is 1.70. The molecule has 0 radical (unpaired) electrons. The van der Waals surface area contributed by atoms with Crippen molar-refractivity contribution in [3.8, 4) is 0 Å². The molecule has 0 spiro atoms. The van der Waals surface area contributed by atoms with Gasteiger partial charge in [0.1, 0.15) is 0 Å². The number of amidine groups is 1. The van der Waals surface area contributed by atoms with Crippen molar-refractivity contribution < 1.29 is 9.90 Å². The SMILES string of the molecule is Br.O=C(O)C(CC1=CSC2=NCCN12)Cc1ccccc1. The molecule has 4 nitrogen and oxygen atoms in total. The average molecular weight is 369 g/mol. The van der Waals surface area contributed by atoms with Crippen LogP contribution in [0.5, 0.6) is 0 Å². The fraction of sp³-hybridized carbons (Fsp3) is 0.333. The molecule has 6 heteroatoms. The van der Waals surface area contributed by atoms with Crippen LogP contribution < -0.4 is 0 Å². The van der Waals surface area contributed by atoms with Crippen molar-refractivity contribution in [2.75, 3.05) is 13.1 Å². The van der Waals surface area contributed by atoms with Gasteiger partial charge >= 0.3 is 5.97 Å². The molecule has 1 atom stereocenters. The van der Waals surface area contributed by atoms with Gasteiger partial charge in [-0.15, -0.1) is 17.0 Å². The maximum atomic E-state index is 11.5. The standard InChI is InChI=1S/C15H16N2O2S.BrH/c18-14(19)12(8-11-4-2-1-3-5-11)9-13-10-20-15-16-6-7-17(13)15;/h1-5,10,12H,6-9H2,(H,18,19);1H. The van der Waals surface area contributed by atoms with Crippen molar-refractivity contribution in [3.63, 3.8) is 0 Å². The lowest BCUT2D eigenvalue weighted by molar-refractivity contribution is -0.141. The molecule has 2 heterocycles. The zero-order valence-electron chi connectivity index (χ0n) is 11.4. The third-order valence-corrected chi connectivity index (χ3v) is 4.53. The lowest BCUT2D eigenvalue weighted by Gasteiger charge is -2.20. The van der Waals surface area contributed by atoms with Crippen molar-refractivity contribution >= 4 is 39.9 Å². The number of rotatable bonds is 5. The number of hydrogen-bond acceptors (Lipinski definition) is 4. The van der Waals surface area contributed by atoms with Crippen LogP contribution in [0.1, 0.15) is 12.0 Å². The second kappa shape index (κ2) is 7.13. The predicted octanol–water partition coefficient (Wildman–Crippen LogP) is 3.16. The van der Waals surface area contributed by atoms with Crippen LogP contribution in [0.4, 0.5) is 0 Å². The minimum atomic E-state index is -0.732. The van der Waals surface area contributed by atoms with Gasteiger partial charge < -0.3 is 10.0 Å². The summed E-state index contributed by atoms with van der Waals surface area (Å²) >= 11 is 1.60. The Balaban J connectivity index is 0.00000161. The molecule has 2 aliphatic heterocycles. The van der Waals surface area contributed by atoms with Gasteiger partial charge in [-0.05, 0) is 17.4 Å². The number of aliphatic imine (C=N–C) groups is 1. The Hall–Kier alpha value is -1.27. The molecule has 0 bridgehead atoms. The first kappa shape index (κ1) is 16.1. The Morgan fingerprint density at radius 1 is 1.33 bits per heavy atom. The Morgan fingerprint density at radius 3 is 2.81 bits per heavy atom. The summed E-state index contributed by atoms with van der Waals surface area (Å²) in [6, 6.07) is 9.81. The lowest BCUT2D eigenvalue weighted by atomic mass is 9.95. The van der Waals surface area contributed by atoms with E-state index in [-0.39, 0.29) is 22.9 Å². The number of halogens is 1. The van der Waals surface area contributed by atoms with Gasteiger partial charge in [-0.1, -0.05) is 42.1 Å². The van der Waals surface area contributed by atoms with E-state index >= 15 is 0 Å². The zero-order valence-corrected chi connectivity index (χ0v) is 14.0. The van der Waals surface area contributed by atoms with E-state index in [1.54, 1.807) is 11.8 Å². The lowest BCUT2D eigenvalue weighted by Crippen LogP contribution is -2.25. The largest absolute Gasteiger partial charge is 0.481 e. The van der Waals surface area contributed by atoms with E-state index in [1.165, 1.54) is 0 Å². The maximum Gasteiger partial charge on any atom is 0.307 e. The van der Waals surface area contributed by atoms with Crippen LogP contribution in [0.3, 0.4) is 0 Å². The number of nitrogens with zero attached hydrogens (tertiary/aromatic N) is 2. The molecule has 1 unspecified atom stereocenters. The average Bonchev–Trinajstić information content (AvgIpc) is 3.04. The fourth-order valence-corrected chi connectivity index (χ4v) is 3.50. The second-order valence-corrected chi connectivity index (χ2v) is 5.81. The predicted molar refractivity (Wildman–Crippen MR) is 90.9 cm³/mol. The number of carbonyl (C=O) groups is 1. The molecule has 0 aliphatic carbocycles. The molecule has 3 rings (SSSR count). The highest BCUT2D eigenvalue weighted by atomic mass is 79.9. The number of benzene rings is 1. The Labute approximate surface area is 138 Å². The van der Waals surface area contributed by atoms with Crippen LogP contribution in [0.2, 0.25) is 0 Å². The van der Waals surface area contributed by atoms with Gasteiger partial charge in [0.05, 0.1) is 12.5 Å². The normalized spacial score (nSPS) is 17.6. The number of carboxylic acids is 1. The van der Waals surface area contributed by atoms with Gasteiger partial charge in [-0.3, -0.25) is 9.79 Å². The van der Waals surface area contributed by atoms with E-state index in [9.17, 15) is 9.90 Å². The molecule has 0 saturated heterocycles. The summed E-state index contributed by atoms with van der Waals surface area (Å²) in [6.07, 6.45) is 1.13. The quantitative estimate of drug-likeness (QED) is 0.866. The molecule has 1 aromatic rings. The minimum absolute atomic E-state index is 0. The summed E-state index contributed by atoms with van der Waals surface area (Å²) < 4.78 is 0. The molecule has 0 amide bonds. The van der Waals surface area contributed by atoms with Gasteiger partial charge in [-0.25, -0.2) is 0 Å². The highest BCUT2D eigenvalue weighted by Gasteiger charge is 2.30. The van der Waals surface area contributed by atoms with E-state index in [0.29, 0.717) is 12.8 Å². The van der Waals surface area contributed by atoms with Crippen LogP contribution in [0, 0.1) is 5.92 Å². The monoisotopic (exact) mass is 368 g/mol. The van der Waals surface area contributed by atoms with E-state index in [4.69, 9.17) is 0 Å². The molecule has 1 N–H and O–H groups in total. The molecule has 2 aliphatic rings. The Kier molecular flexibility index (Phi) is 5.47. The summed E-state index contributed by atoms with van der Waals surface area (Å²) in [7, 11) is 0. The number of hydrogen-bond donors (Lipinski definition) is 1. The van der Waals surface area contributed by atoms with Crippen molar-refractivity contribution in [1.82, 2.24) is 4.90 Å². The number of thioether (sulfide) groups is 1. The van der Waals surface area contributed by atoms with Crippen molar-refractivity contribution in [1.29, 1.82) is 0 Å².